The van der Waals surface area contributed by atoms with Crippen LogP contribution in [0.2, 0.25) is 0 Å². The van der Waals surface area contributed by atoms with E-state index in [4.69, 9.17) is 0 Å². The highest BCUT2D eigenvalue weighted by Crippen LogP contribution is 2.37. The van der Waals surface area contributed by atoms with Crippen LogP contribution in [0.4, 0.5) is 0 Å². The molecule has 0 aromatic rings. The summed E-state index contributed by atoms with van der Waals surface area (Å²) < 4.78 is 0. The maximum Gasteiger partial charge on any atom is 0.00988 e. The van der Waals surface area contributed by atoms with Gasteiger partial charge in [0.1, 0.15) is 0 Å². The Morgan fingerprint density at radius 3 is 2.17 bits per heavy atom. The van der Waals surface area contributed by atoms with Crippen molar-refractivity contribution in [2.24, 2.45) is 11.8 Å². The third-order valence-electron chi connectivity index (χ3n) is 5.91. The number of hydrogen-bond acceptors (Lipinski definition) is 2. The normalized spacial score (nSPS) is 45.3. The van der Waals surface area contributed by atoms with Gasteiger partial charge in [-0.1, -0.05) is 6.92 Å². The molecule has 2 atom stereocenters. The highest BCUT2D eigenvalue weighted by atomic mass is 15.2. The first kappa shape index (κ1) is 12.9. The van der Waals surface area contributed by atoms with E-state index in [1.54, 1.807) is 0 Å². The van der Waals surface area contributed by atoms with E-state index in [1.165, 1.54) is 57.9 Å². The molecule has 0 aromatic carbocycles. The summed E-state index contributed by atoms with van der Waals surface area (Å²) in [5.74, 6) is 1.93. The lowest BCUT2D eigenvalue weighted by Gasteiger charge is -2.37. The fraction of sp³-hybridized carbons (Fsp3) is 1.00. The van der Waals surface area contributed by atoms with Gasteiger partial charge in [-0.2, -0.15) is 0 Å². The molecule has 18 heavy (non-hydrogen) atoms. The van der Waals surface area contributed by atoms with Crippen LogP contribution in [0.15, 0.2) is 0 Å². The van der Waals surface area contributed by atoms with Crippen LogP contribution in [0, 0.1) is 11.8 Å². The van der Waals surface area contributed by atoms with Crippen LogP contribution in [0.5, 0.6) is 0 Å². The topological polar surface area (TPSA) is 15.3 Å². The molecule has 0 spiro atoms. The van der Waals surface area contributed by atoms with Gasteiger partial charge in [0, 0.05) is 18.1 Å². The van der Waals surface area contributed by atoms with Crippen LogP contribution in [0.1, 0.15) is 58.3 Å². The number of fused-ring (bicyclic) bond motifs is 2. The Labute approximate surface area is 113 Å². The molecular weight excluding hydrogens is 220 g/mol. The Kier molecular flexibility index (Phi) is 3.95. The third kappa shape index (κ3) is 2.75. The summed E-state index contributed by atoms with van der Waals surface area (Å²) in [6.45, 7) is 3.70. The zero-order chi connectivity index (χ0) is 12.5. The van der Waals surface area contributed by atoms with Crippen molar-refractivity contribution < 1.29 is 0 Å². The van der Waals surface area contributed by atoms with E-state index < -0.39 is 0 Å². The molecule has 2 nitrogen and oxygen atoms in total. The van der Waals surface area contributed by atoms with Gasteiger partial charge in [0.05, 0.1) is 0 Å². The SMILES string of the molecule is CC1CCC(NCC2CC3CCC(C2)N3C)CC1. The summed E-state index contributed by atoms with van der Waals surface area (Å²) in [4.78, 5) is 2.65. The minimum atomic E-state index is 0.832. The number of nitrogens with zero attached hydrogens (tertiary/aromatic N) is 1. The van der Waals surface area contributed by atoms with Crippen LogP contribution in [0.3, 0.4) is 0 Å². The molecule has 1 aliphatic carbocycles. The molecule has 2 heteroatoms. The Balaban J connectivity index is 1.42. The van der Waals surface area contributed by atoms with Crippen LogP contribution < -0.4 is 5.32 Å². The third-order valence-corrected chi connectivity index (χ3v) is 5.91. The van der Waals surface area contributed by atoms with E-state index in [1.807, 2.05) is 0 Å². The Morgan fingerprint density at radius 1 is 0.944 bits per heavy atom. The lowest BCUT2D eigenvalue weighted by atomic mass is 9.86. The van der Waals surface area contributed by atoms with Crippen molar-refractivity contribution in [2.45, 2.75) is 76.4 Å². The molecule has 0 amide bonds. The quantitative estimate of drug-likeness (QED) is 0.828. The summed E-state index contributed by atoms with van der Waals surface area (Å²) in [5.41, 5.74) is 0. The number of nitrogens with one attached hydrogen (secondary N) is 1. The van der Waals surface area contributed by atoms with E-state index in [-0.39, 0.29) is 0 Å². The molecule has 2 unspecified atom stereocenters. The zero-order valence-electron chi connectivity index (χ0n) is 12.2. The van der Waals surface area contributed by atoms with Gasteiger partial charge < -0.3 is 10.2 Å². The van der Waals surface area contributed by atoms with Gasteiger partial charge >= 0.3 is 0 Å². The van der Waals surface area contributed by atoms with Crippen molar-refractivity contribution in [3.05, 3.63) is 0 Å². The molecule has 2 saturated heterocycles. The van der Waals surface area contributed by atoms with Crippen LogP contribution in [0.25, 0.3) is 0 Å². The Morgan fingerprint density at radius 2 is 1.56 bits per heavy atom. The van der Waals surface area contributed by atoms with E-state index >= 15 is 0 Å². The molecule has 2 bridgehead atoms. The second-order valence-electron chi connectivity index (χ2n) is 7.25. The summed E-state index contributed by atoms with van der Waals surface area (Å²) in [6.07, 6.45) is 11.5. The maximum absolute atomic E-state index is 3.88. The predicted molar refractivity (Wildman–Crippen MR) is 76.7 cm³/mol. The number of hydrogen-bond donors (Lipinski definition) is 1. The van der Waals surface area contributed by atoms with Crippen LogP contribution in [-0.2, 0) is 0 Å². The van der Waals surface area contributed by atoms with Crippen molar-refractivity contribution in [3.63, 3.8) is 0 Å². The Bertz CT molecular complexity index is 256. The summed E-state index contributed by atoms with van der Waals surface area (Å²) in [7, 11) is 2.34. The summed E-state index contributed by atoms with van der Waals surface area (Å²) in [6, 6.07) is 2.64. The largest absolute Gasteiger partial charge is 0.314 e. The first-order valence-electron chi connectivity index (χ1n) is 8.17. The average Bonchev–Trinajstić information content (AvgIpc) is 2.62. The van der Waals surface area contributed by atoms with Gasteiger partial charge in [-0.15, -0.1) is 0 Å². The van der Waals surface area contributed by atoms with Crippen LogP contribution in [-0.4, -0.2) is 36.6 Å². The zero-order valence-corrected chi connectivity index (χ0v) is 12.2. The van der Waals surface area contributed by atoms with E-state index in [0.717, 1.165) is 30.0 Å². The monoisotopic (exact) mass is 250 g/mol. The van der Waals surface area contributed by atoms with Gasteiger partial charge in [-0.25, -0.2) is 0 Å². The number of piperidine rings is 1. The summed E-state index contributed by atoms with van der Waals surface area (Å²) in [5, 5.41) is 3.88. The number of rotatable bonds is 3. The highest BCUT2D eigenvalue weighted by Gasteiger charge is 2.38. The fourth-order valence-electron chi connectivity index (χ4n) is 4.49. The minimum Gasteiger partial charge on any atom is -0.314 e. The van der Waals surface area contributed by atoms with Crippen molar-refractivity contribution in [2.75, 3.05) is 13.6 Å². The first-order chi connectivity index (χ1) is 8.72. The lowest BCUT2D eigenvalue weighted by Crippen LogP contribution is -2.44. The molecule has 3 rings (SSSR count). The van der Waals surface area contributed by atoms with Crippen molar-refractivity contribution in [1.29, 1.82) is 0 Å². The predicted octanol–water partition coefficient (Wildman–Crippen LogP) is 3.03. The highest BCUT2D eigenvalue weighted by molar-refractivity contribution is 4.94. The molecule has 104 valence electrons. The minimum absolute atomic E-state index is 0.832. The van der Waals surface area contributed by atoms with E-state index in [2.05, 4.69) is 24.2 Å². The second-order valence-corrected chi connectivity index (χ2v) is 7.25. The Hall–Kier alpha value is -0.0800. The van der Waals surface area contributed by atoms with Crippen LogP contribution >= 0.6 is 0 Å². The van der Waals surface area contributed by atoms with Crippen molar-refractivity contribution >= 4 is 0 Å². The van der Waals surface area contributed by atoms with Gasteiger partial charge in [-0.3, -0.25) is 0 Å². The first-order valence-corrected chi connectivity index (χ1v) is 8.17. The molecule has 3 aliphatic rings. The second kappa shape index (κ2) is 5.50. The lowest BCUT2D eigenvalue weighted by molar-refractivity contribution is 0.129. The molecule has 0 radical (unpaired) electrons. The van der Waals surface area contributed by atoms with Gasteiger partial charge in [0.15, 0.2) is 0 Å². The molecular formula is C16H30N2. The summed E-state index contributed by atoms with van der Waals surface area (Å²) >= 11 is 0. The smallest absolute Gasteiger partial charge is 0.00988 e. The molecule has 2 aliphatic heterocycles. The molecule has 2 heterocycles. The van der Waals surface area contributed by atoms with E-state index in [0.29, 0.717) is 0 Å². The van der Waals surface area contributed by atoms with Gasteiger partial charge in [-0.05, 0) is 76.8 Å². The van der Waals surface area contributed by atoms with Crippen molar-refractivity contribution in [3.8, 4) is 0 Å². The average molecular weight is 250 g/mol. The molecule has 0 aromatic heterocycles. The fourth-order valence-corrected chi connectivity index (χ4v) is 4.49. The molecule has 1 saturated carbocycles. The van der Waals surface area contributed by atoms with Gasteiger partial charge in [0.25, 0.3) is 0 Å². The molecule has 1 N–H and O–H groups in total. The van der Waals surface area contributed by atoms with Crippen molar-refractivity contribution in [1.82, 2.24) is 10.2 Å². The molecule has 3 fully saturated rings. The van der Waals surface area contributed by atoms with E-state index in [9.17, 15) is 0 Å². The maximum atomic E-state index is 3.88. The van der Waals surface area contributed by atoms with Gasteiger partial charge in [0.2, 0.25) is 0 Å². The standard InChI is InChI=1S/C16H30N2/c1-12-3-5-14(6-4-12)17-11-13-9-15-7-8-16(10-13)18(15)2/h12-17H,3-11H2,1-2H3.